The van der Waals surface area contributed by atoms with Crippen LogP contribution in [0.1, 0.15) is 36.0 Å². The second-order valence-electron chi connectivity index (χ2n) is 4.82. The van der Waals surface area contributed by atoms with Gasteiger partial charge in [0.25, 0.3) is 5.69 Å². The standard InChI is InChI=1S/C13H16N2O4/c16-13(17)11-6-5-10(15(18)19)7-12(11)14-8-9-3-1-2-4-9/h5-7,9,14H,1-4,8H2,(H,16,17). The summed E-state index contributed by atoms with van der Waals surface area (Å²) in [4.78, 5) is 21.3. The molecule has 0 bridgehead atoms. The van der Waals surface area contributed by atoms with Crippen molar-refractivity contribution in [1.82, 2.24) is 0 Å². The van der Waals surface area contributed by atoms with Crippen molar-refractivity contribution in [1.29, 1.82) is 0 Å². The molecule has 1 aromatic rings. The highest BCUT2D eigenvalue weighted by atomic mass is 16.6. The molecule has 0 unspecified atom stereocenters. The molecule has 0 aromatic heterocycles. The van der Waals surface area contributed by atoms with Crippen LogP contribution in [0.5, 0.6) is 0 Å². The molecule has 1 aromatic carbocycles. The first-order valence-electron chi connectivity index (χ1n) is 6.33. The maximum Gasteiger partial charge on any atom is 0.337 e. The number of carboxylic acids is 1. The molecule has 0 heterocycles. The van der Waals surface area contributed by atoms with Gasteiger partial charge in [-0.25, -0.2) is 4.79 Å². The van der Waals surface area contributed by atoms with E-state index in [0.717, 1.165) is 12.8 Å². The third kappa shape index (κ3) is 3.21. The number of hydrogen-bond acceptors (Lipinski definition) is 4. The van der Waals surface area contributed by atoms with E-state index in [-0.39, 0.29) is 11.3 Å². The summed E-state index contributed by atoms with van der Waals surface area (Å²) in [5, 5.41) is 22.8. The maximum atomic E-state index is 11.1. The number of aromatic carboxylic acids is 1. The van der Waals surface area contributed by atoms with Crippen LogP contribution in [0.3, 0.4) is 0 Å². The highest BCUT2D eigenvalue weighted by Gasteiger charge is 2.18. The average Bonchev–Trinajstić information content (AvgIpc) is 2.88. The van der Waals surface area contributed by atoms with E-state index >= 15 is 0 Å². The normalized spacial score (nSPS) is 15.4. The third-order valence-corrected chi connectivity index (χ3v) is 3.50. The zero-order valence-electron chi connectivity index (χ0n) is 10.5. The van der Waals surface area contributed by atoms with Gasteiger partial charge in [-0.05, 0) is 24.8 Å². The van der Waals surface area contributed by atoms with E-state index in [2.05, 4.69) is 5.32 Å². The van der Waals surface area contributed by atoms with Gasteiger partial charge in [0.2, 0.25) is 0 Å². The van der Waals surface area contributed by atoms with Crippen molar-refractivity contribution in [2.24, 2.45) is 5.92 Å². The molecule has 0 aliphatic heterocycles. The molecule has 2 rings (SSSR count). The minimum atomic E-state index is -1.08. The van der Waals surface area contributed by atoms with E-state index in [0.29, 0.717) is 18.2 Å². The summed E-state index contributed by atoms with van der Waals surface area (Å²) in [5.74, 6) is -0.551. The van der Waals surface area contributed by atoms with E-state index in [9.17, 15) is 14.9 Å². The van der Waals surface area contributed by atoms with Crippen molar-refractivity contribution in [3.05, 3.63) is 33.9 Å². The van der Waals surface area contributed by atoms with Crippen LogP contribution in [0, 0.1) is 16.0 Å². The molecule has 6 heteroatoms. The van der Waals surface area contributed by atoms with Crippen LogP contribution in [0.25, 0.3) is 0 Å². The summed E-state index contributed by atoms with van der Waals surface area (Å²) in [5.41, 5.74) is 0.302. The number of benzene rings is 1. The molecule has 102 valence electrons. The van der Waals surface area contributed by atoms with E-state index < -0.39 is 10.9 Å². The van der Waals surface area contributed by atoms with E-state index in [1.54, 1.807) is 0 Å². The first-order chi connectivity index (χ1) is 9.08. The second kappa shape index (κ2) is 5.69. The molecule has 1 aliphatic rings. The van der Waals surface area contributed by atoms with Crippen molar-refractivity contribution in [2.75, 3.05) is 11.9 Å². The van der Waals surface area contributed by atoms with Crippen LogP contribution in [0.2, 0.25) is 0 Å². The fraction of sp³-hybridized carbons (Fsp3) is 0.462. The largest absolute Gasteiger partial charge is 0.478 e. The number of anilines is 1. The molecule has 0 saturated heterocycles. The lowest BCUT2D eigenvalue weighted by Gasteiger charge is -2.13. The van der Waals surface area contributed by atoms with Crippen molar-refractivity contribution >= 4 is 17.3 Å². The number of rotatable bonds is 5. The SMILES string of the molecule is O=C(O)c1ccc([N+](=O)[O-])cc1NCC1CCCC1. The fourth-order valence-electron chi connectivity index (χ4n) is 2.45. The Hall–Kier alpha value is -2.11. The smallest absolute Gasteiger partial charge is 0.337 e. The monoisotopic (exact) mass is 264 g/mol. The van der Waals surface area contributed by atoms with E-state index in [1.165, 1.54) is 31.0 Å². The quantitative estimate of drug-likeness (QED) is 0.630. The highest BCUT2D eigenvalue weighted by Crippen LogP contribution is 2.27. The third-order valence-electron chi connectivity index (χ3n) is 3.50. The minimum Gasteiger partial charge on any atom is -0.478 e. The number of nitro groups is 1. The number of nitrogens with one attached hydrogen (secondary N) is 1. The van der Waals surface area contributed by atoms with Gasteiger partial charge in [-0.1, -0.05) is 12.8 Å². The molecule has 1 saturated carbocycles. The lowest BCUT2D eigenvalue weighted by atomic mass is 10.1. The molecule has 2 N–H and O–H groups in total. The van der Waals surface area contributed by atoms with Gasteiger partial charge in [0, 0.05) is 18.7 Å². The van der Waals surface area contributed by atoms with Crippen LogP contribution in [0.4, 0.5) is 11.4 Å². The van der Waals surface area contributed by atoms with Crippen LogP contribution in [-0.4, -0.2) is 22.5 Å². The molecular formula is C13H16N2O4. The molecule has 0 atom stereocenters. The Morgan fingerprint density at radius 1 is 1.42 bits per heavy atom. The number of non-ortho nitro benzene ring substituents is 1. The second-order valence-corrected chi connectivity index (χ2v) is 4.82. The number of carbonyl (C=O) groups is 1. The Bertz CT molecular complexity index is 495. The minimum absolute atomic E-state index is 0.0728. The Morgan fingerprint density at radius 3 is 2.68 bits per heavy atom. The molecule has 0 radical (unpaired) electrons. The van der Waals surface area contributed by atoms with Crippen LogP contribution < -0.4 is 5.32 Å². The van der Waals surface area contributed by atoms with Gasteiger partial charge in [-0.3, -0.25) is 10.1 Å². The summed E-state index contributed by atoms with van der Waals surface area (Å²) in [7, 11) is 0. The van der Waals surface area contributed by atoms with Gasteiger partial charge in [0.05, 0.1) is 16.2 Å². The van der Waals surface area contributed by atoms with Crippen LogP contribution in [0.15, 0.2) is 18.2 Å². The lowest BCUT2D eigenvalue weighted by molar-refractivity contribution is -0.384. The fourth-order valence-corrected chi connectivity index (χ4v) is 2.45. The summed E-state index contributed by atoms with van der Waals surface area (Å²) >= 11 is 0. The first-order valence-corrected chi connectivity index (χ1v) is 6.33. The number of nitro benzene ring substituents is 1. The molecule has 0 spiro atoms. The molecule has 1 fully saturated rings. The van der Waals surface area contributed by atoms with Crippen molar-refractivity contribution in [3.63, 3.8) is 0 Å². The zero-order valence-corrected chi connectivity index (χ0v) is 10.5. The van der Waals surface area contributed by atoms with Crippen molar-refractivity contribution in [3.8, 4) is 0 Å². The Morgan fingerprint density at radius 2 is 2.11 bits per heavy atom. The van der Waals surface area contributed by atoms with Gasteiger partial charge in [0.1, 0.15) is 0 Å². The van der Waals surface area contributed by atoms with Gasteiger partial charge < -0.3 is 10.4 Å². The summed E-state index contributed by atoms with van der Waals surface area (Å²) in [6.45, 7) is 0.668. The van der Waals surface area contributed by atoms with Gasteiger partial charge in [0.15, 0.2) is 0 Å². The predicted octanol–water partition coefficient (Wildman–Crippen LogP) is 2.90. The number of nitrogens with zero attached hydrogens (tertiary/aromatic N) is 1. The molecule has 1 aliphatic carbocycles. The maximum absolute atomic E-state index is 11.1. The lowest BCUT2D eigenvalue weighted by Crippen LogP contribution is -2.14. The average molecular weight is 264 g/mol. The van der Waals surface area contributed by atoms with Crippen molar-refractivity contribution in [2.45, 2.75) is 25.7 Å². The molecule has 0 amide bonds. The van der Waals surface area contributed by atoms with E-state index in [4.69, 9.17) is 5.11 Å². The Balaban J connectivity index is 2.16. The van der Waals surface area contributed by atoms with Crippen LogP contribution >= 0.6 is 0 Å². The molecular weight excluding hydrogens is 248 g/mol. The summed E-state index contributed by atoms with van der Waals surface area (Å²) in [6, 6.07) is 3.78. The topological polar surface area (TPSA) is 92.5 Å². The van der Waals surface area contributed by atoms with Crippen LogP contribution in [-0.2, 0) is 0 Å². The van der Waals surface area contributed by atoms with Gasteiger partial charge >= 0.3 is 5.97 Å². The first kappa shape index (κ1) is 13.3. The van der Waals surface area contributed by atoms with Crippen molar-refractivity contribution < 1.29 is 14.8 Å². The Kier molecular flexibility index (Phi) is 3.99. The highest BCUT2D eigenvalue weighted by molar-refractivity contribution is 5.94. The Labute approximate surface area is 110 Å². The summed E-state index contributed by atoms with van der Waals surface area (Å²) < 4.78 is 0. The zero-order chi connectivity index (χ0) is 13.8. The van der Waals surface area contributed by atoms with Gasteiger partial charge in [-0.15, -0.1) is 0 Å². The van der Waals surface area contributed by atoms with Gasteiger partial charge in [-0.2, -0.15) is 0 Å². The van der Waals surface area contributed by atoms with E-state index in [1.807, 2.05) is 0 Å². The number of carboxylic acid groups (broad SMARTS) is 1. The summed E-state index contributed by atoms with van der Waals surface area (Å²) in [6.07, 6.45) is 4.66. The predicted molar refractivity (Wildman–Crippen MR) is 70.5 cm³/mol. The molecule has 19 heavy (non-hydrogen) atoms. The molecule has 6 nitrogen and oxygen atoms in total. The number of hydrogen-bond donors (Lipinski definition) is 2.